The Kier molecular flexibility index (Phi) is 2.19. The third-order valence-electron chi connectivity index (χ3n) is 2.58. The number of rotatable bonds is 2. The fourth-order valence-corrected chi connectivity index (χ4v) is 1.78. The Morgan fingerprint density at radius 2 is 1.82 bits per heavy atom. The zero-order valence-electron chi connectivity index (χ0n) is 9.04. The monoisotopic (exact) mass is 225 g/mol. The Hall–Kier alpha value is -2.49. The molecule has 0 saturated carbocycles. The summed E-state index contributed by atoms with van der Waals surface area (Å²) in [4.78, 5) is 1.57. The number of nitrogens with one attached hydrogen (secondary N) is 1. The van der Waals surface area contributed by atoms with Crippen LogP contribution in [0.5, 0.6) is 5.75 Å². The van der Waals surface area contributed by atoms with Crippen LogP contribution < -0.4 is 5.43 Å². The van der Waals surface area contributed by atoms with Gasteiger partial charge in [-0.2, -0.15) is 9.89 Å². The number of benzene rings is 2. The zero-order valence-corrected chi connectivity index (χ0v) is 9.04. The lowest BCUT2D eigenvalue weighted by Gasteiger charge is -2.07. The summed E-state index contributed by atoms with van der Waals surface area (Å²) in [5, 5.41) is 14.9. The van der Waals surface area contributed by atoms with Crippen molar-refractivity contribution < 1.29 is 5.11 Å². The van der Waals surface area contributed by atoms with Crippen molar-refractivity contribution in [3.8, 4) is 5.75 Å². The van der Waals surface area contributed by atoms with Crippen molar-refractivity contribution in [2.45, 2.75) is 0 Å². The lowest BCUT2D eigenvalue weighted by molar-refractivity contribution is 0.478. The molecule has 0 amide bonds. The van der Waals surface area contributed by atoms with Gasteiger partial charge in [-0.3, -0.25) is 5.43 Å². The van der Waals surface area contributed by atoms with Crippen LogP contribution in [-0.2, 0) is 0 Å². The van der Waals surface area contributed by atoms with E-state index in [1.54, 1.807) is 23.1 Å². The Bertz CT molecular complexity index is 646. The van der Waals surface area contributed by atoms with Gasteiger partial charge < -0.3 is 5.11 Å². The van der Waals surface area contributed by atoms with Crippen LogP contribution in [0.1, 0.15) is 0 Å². The van der Waals surface area contributed by atoms with Crippen LogP contribution in [0.15, 0.2) is 54.7 Å². The molecule has 1 heterocycles. The molecule has 0 atom stereocenters. The third-order valence-corrected chi connectivity index (χ3v) is 2.58. The molecule has 1 aromatic heterocycles. The molecular weight excluding hydrogens is 214 g/mol. The summed E-state index contributed by atoms with van der Waals surface area (Å²) in [7, 11) is 0. The van der Waals surface area contributed by atoms with Gasteiger partial charge in [0.15, 0.2) is 0 Å². The lowest BCUT2D eigenvalue weighted by Crippen LogP contribution is -2.10. The number of phenolic OH excluding ortho intramolecular Hbond substituents is 1. The normalized spacial score (nSPS) is 10.6. The van der Waals surface area contributed by atoms with Crippen molar-refractivity contribution in [1.29, 1.82) is 0 Å². The molecule has 17 heavy (non-hydrogen) atoms. The van der Waals surface area contributed by atoms with E-state index in [1.165, 1.54) is 0 Å². The first-order chi connectivity index (χ1) is 8.34. The van der Waals surface area contributed by atoms with Crippen LogP contribution in [0.25, 0.3) is 10.9 Å². The molecule has 0 aliphatic carbocycles. The molecule has 0 unspecified atom stereocenters. The average molecular weight is 225 g/mol. The van der Waals surface area contributed by atoms with Gasteiger partial charge in [0, 0.05) is 5.39 Å². The molecule has 0 radical (unpaired) electrons. The number of nitrogens with zero attached hydrogens (tertiary/aromatic N) is 2. The van der Waals surface area contributed by atoms with Gasteiger partial charge in [0.25, 0.3) is 0 Å². The summed E-state index contributed by atoms with van der Waals surface area (Å²) in [6.07, 6.45) is 1.71. The van der Waals surface area contributed by atoms with Gasteiger partial charge >= 0.3 is 0 Å². The number of aromatic hydroxyl groups is 1. The maximum absolute atomic E-state index is 9.82. The molecule has 2 aromatic carbocycles. The largest absolute Gasteiger partial charge is 0.506 e. The first-order valence-corrected chi connectivity index (χ1v) is 5.32. The average Bonchev–Trinajstić information content (AvgIpc) is 2.75. The van der Waals surface area contributed by atoms with Crippen LogP contribution in [-0.4, -0.2) is 15.0 Å². The Morgan fingerprint density at radius 1 is 1.00 bits per heavy atom. The molecule has 84 valence electrons. The predicted octanol–water partition coefficient (Wildman–Crippen LogP) is 2.62. The second kappa shape index (κ2) is 3.83. The van der Waals surface area contributed by atoms with Crippen molar-refractivity contribution in [1.82, 2.24) is 9.89 Å². The number of aromatic nitrogens is 2. The second-order valence-corrected chi connectivity index (χ2v) is 3.75. The van der Waals surface area contributed by atoms with Gasteiger partial charge in [-0.1, -0.05) is 30.3 Å². The first-order valence-electron chi connectivity index (χ1n) is 5.32. The Balaban J connectivity index is 2.07. The van der Waals surface area contributed by atoms with Gasteiger partial charge in [0.2, 0.25) is 0 Å². The molecule has 0 bridgehead atoms. The molecule has 3 aromatic rings. The highest BCUT2D eigenvalue weighted by Crippen LogP contribution is 2.23. The number of phenols is 1. The van der Waals surface area contributed by atoms with Gasteiger partial charge in [0.1, 0.15) is 11.3 Å². The molecule has 4 heteroatoms. The molecule has 2 N–H and O–H groups in total. The summed E-state index contributed by atoms with van der Waals surface area (Å²) >= 11 is 0. The number of hydrogen-bond acceptors (Lipinski definition) is 3. The third kappa shape index (κ3) is 1.69. The maximum atomic E-state index is 9.82. The standard InChI is InChI=1S/C13H11N3O/c17-12-8-4-5-10-9-14-16(13(10)12)15-11-6-2-1-3-7-11/h1-9,15,17H. The first kappa shape index (κ1) is 9.72. The van der Waals surface area contributed by atoms with Gasteiger partial charge in [0.05, 0.1) is 11.9 Å². The number of hydrogen-bond donors (Lipinski definition) is 2. The smallest absolute Gasteiger partial charge is 0.143 e. The summed E-state index contributed by atoms with van der Waals surface area (Å²) in [6.45, 7) is 0. The van der Waals surface area contributed by atoms with Crippen molar-refractivity contribution in [2.24, 2.45) is 0 Å². The summed E-state index contributed by atoms with van der Waals surface area (Å²) in [5.74, 6) is 0.212. The van der Waals surface area contributed by atoms with E-state index in [-0.39, 0.29) is 5.75 Å². The number of fused-ring (bicyclic) bond motifs is 1. The van der Waals surface area contributed by atoms with Gasteiger partial charge in [-0.05, 0) is 18.2 Å². The summed E-state index contributed by atoms with van der Waals surface area (Å²) in [6, 6.07) is 15.1. The molecule has 0 fully saturated rings. The molecule has 0 aliphatic rings. The predicted molar refractivity (Wildman–Crippen MR) is 66.9 cm³/mol. The van der Waals surface area contributed by atoms with E-state index in [0.717, 1.165) is 11.1 Å². The van der Waals surface area contributed by atoms with Crippen molar-refractivity contribution in [2.75, 3.05) is 5.43 Å². The molecule has 0 aliphatic heterocycles. The number of anilines is 1. The highest BCUT2D eigenvalue weighted by Gasteiger charge is 2.06. The molecule has 4 nitrogen and oxygen atoms in total. The summed E-state index contributed by atoms with van der Waals surface area (Å²) in [5.41, 5.74) is 4.71. The quantitative estimate of drug-likeness (QED) is 0.704. The topological polar surface area (TPSA) is 50.1 Å². The van der Waals surface area contributed by atoms with Crippen LogP contribution in [0.2, 0.25) is 0 Å². The minimum absolute atomic E-state index is 0.212. The Labute approximate surface area is 98.1 Å². The van der Waals surface area contributed by atoms with E-state index >= 15 is 0 Å². The van der Waals surface area contributed by atoms with E-state index in [2.05, 4.69) is 10.5 Å². The highest BCUT2D eigenvalue weighted by molar-refractivity contribution is 5.84. The summed E-state index contributed by atoms with van der Waals surface area (Å²) < 4.78 is 0. The van der Waals surface area contributed by atoms with Gasteiger partial charge in [-0.25, -0.2) is 0 Å². The van der Waals surface area contributed by atoms with E-state index in [1.807, 2.05) is 36.4 Å². The molecule has 0 spiro atoms. The SMILES string of the molecule is Oc1cccc2cnn(Nc3ccccc3)c12. The van der Waals surface area contributed by atoms with Crippen LogP contribution in [0.3, 0.4) is 0 Å². The molecule has 3 rings (SSSR count). The van der Waals surface area contributed by atoms with Crippen molar-refractivity contribution in [3.63, 3.8) is 0 Å². The highest BCUT2D eigenvalue weighted by atomic mass is 16.3. The fraction of sp³-hybridized carbons (Fsp3) is 0. The maximum Gasteiger partial charge on any atom is 0.143 e. The van der Waals surface area contributed by atoms with Crippen LogP contribution >= 0.6 is 0 Å². The van der Waals surface area contributed by atoms with E-state index in [4.69, 9.17) is 0 Å². The van der Waals surface area contributed by atoms with E-state index in [0.29, 0.717) is 5.52 Å². The fourth-order valence-electron chi connectivity index (χ4n) is 1.78. The van der Waals surface area contributed by atoms with Crippen LogP contribution in [0, 0.1) is 0 Å². The van der Waals surface area contributed by atoms with Crippen molar-refractivity contribution >= 4 is 16.6 Å². The second-order valence-electron chi connectivity index (χ2n) is 3.75. The van der Waals surface area contributed by atoms with Crippen molar-refractivity contribution in [3.05, 3.63) is 54.7 Å². The lowest BCUT2D eigenvalue weighted by atomic mass is 10.2. The van der Waals surface area contributed by atoms with E-state index < -0.39 is 0 Å². The number of para-hydroxylation sites is 2. The van der Waals surface area contributed by atoms with Crippen LogP contribution in [0.4, 0.5) is 5.69 Å². The van der Waals surface area contributed by atoms with Gasteiger partial charge in [-0.15, -0.1) is 0 Å². The minimum atomic E-state index is 0.212. The van der Waals surface area contributed by atoms with E-state index in [9.17, 15) is 5.11 Å². The molecule has 0 saturated heterocycles. The molecular formula is C13H11N3O. The minimum Gasteiger partial charge on any atom is -0.506 e. The zero-order chi connectivity index (χ0) is 11.7. The Morgan fingerprint density at radius 3 is 2.65 bits per heavy atom.